The van der Waals surface area contributed by atoms with Crippen LogP contribution >= 0.6 is 25.3 Å². The SMILES string of the molecule is CC(C)C[C@H](NC(=O)[C@@H](NC(=O)[C@@H](N)CS)C(C)C)C(=O)N[C@@H](CC(N)=O)C(=O)NCC(=O)N[C@@H](CCCN=C(N)N)C(=O)N[C@@H](CO)C(=O)N[C@@H](CCC(=O)O)C(=O)N[C@@H](CS)C(=O)O. The lowest BCUT2D eigenvalue weighted by Gasteiger charge is -2.28. The largest absolute Gasteiger partial charge is 0.481 e. The average Bonchev–Trinajstić information content (AvgIpc) is 3.23. The van der Waals surface area contributed by atoms with E-state index in [9.17, 15) is 63.0 Å². The first-order valence-corrected chi connectivity index (χ1v) is 21.8. The summed E-state index contributed by atoms with van der Waals surface area (Å²) in [6.45, 7) is 4.77. The molecule has 0 radical (unpaired) electrons. The Bertz CT molecular complexity index is 1750. The number of carbonyl (C=O) groups excluding carboxylic acids is 9. The first-order valence-electron chi connectivity index (χ1n) is 20.5. The van der Waals surface area contributed by atoms with Crippen LogP contribution in [0.1, 0.15) is 66.2 Å². The van der Waals surface area contributed by atoms with Crippen LogP contribution in [-0.2, 0) is 52.7 Å². The van der Waals surface area contributed by atoms with Crippen molar-refractivity contribution >= 4 is 96.3 Å². The fraction of sp³-hybridized carbons (Fsp3) is 0.676. The van der Waals surface area contributed by atoms with Crippen LogP contribution in [0, 0.1) is 11.8 Å². The topological polar surface area (TPSA) is 461 Å². The monoisotopic (exact) mass is 979 g/mol. The number of hydrogen-bond donors (Lipinski definition) is 17. The highest BCUT2D eigenvalue weighted by Gasteiger charge is 2.34. The zero-order chi connectivity index (χ0) is 50.8. The van der Waals surface area contributed by atoms with E-state index in [0.717, 1.165) is 0 Å². The minimum Gasteiger partial charge on any atom is -0.481 e. The Hall–Kier alpha value is -5.94. The lowest BCUT2D eigenvalue weighted by Crippen LogP contribution is -2.60. The number of carbonyl (C=O) groups is 11. The van der Waals surface area contributed by atoms with Crippen LogP contribution in [0.3, 0.4) is 0 Å². The summed E-state index contributed by atoms with van der Waals surface area (Å²) < 4.78 is 0. The number of thiol groups is 2. The van der Waals surface area contributed by atoms with Crippen molar-refractivity contribution in [3.05, 3.63) is 0 Å². The summed E-state index contributed by atoms with van der Waals surface area (Å²) in [5.41, 5.74) is 21.8. The molecule has 0 aromatic rings. The number of carboxylic acids is 2. The summed E-state index contributed by atoms with van der Waals surface area (Å²) in [5, 5.41) is 46.9. The maximum absolute atomic E-state index is 13.6. The molecule has 66 heavy (non-hydrogen) atoms. The Labute approximate surface area is 391 Å². The minimum atomic E-state index is -1.82. The summed E-state index contributed by atoms with van der Waals surface area (Å²) >= 11 is 7.83. The first kappa shape index (κ1) is 60.1. The molecule has 0 aliphatic carbocycles. The fourth-order valence-corrected chi connectivity index (χ4v) is 5.98. The van der Waals surface area contributed by atoms with E-state index >= 15 is 0 Å². The third-order valence-corrected chi connectivity index (χ3v) is 9.83. The van der Waals surface area contributed by atoms with Crippen LogP contribution < -0.4 is 65.5 Å². The van der Waals surface area contributed by atoms with Crippen LogP contribution in [-0.4, -0.2) is 166 Å². The predicted octanol–water partition coefficient (Wildman–Crippen LogP) is -6.74. The van der Waals surface area contributed by atoms with Gasteiger partial charge < -0.3 is 80.8 Å². The number of primary amides is 1. The Morgan fingerprint density at radius 2 is 1.12 bits per heavy atom. The number of amides is 9. The van der Waals surface area contributed by atoms with Gasteiger partial charge in [-0.25, -0.2) is 4.79 Å². The van der Waals surface area contributed by atoms with Gasteiger partial charge in [-0.05, 0) is 37.5 Å². The molecular formula is C37H65N13O14S2. The van der Waals surface area contributed by atoms with Crippen LogP contribution in [0.2, 0.25) is 0 Å². The molecule has 0 saturated carbocycles. The molecule has 0 rings (SSSR count). The van der Waals surface area contributed by atoms with Crippen LogP contribution in [0.15, 0.2) is 4.99 Å². The minimum absolute atomic E-state index is 0.00816. The van der Waals surface area contributed by atoms with E-state index in [1.807, 2.05) is 0 Å². The number of aliphatic imine (C=N–C) groups is 1. The van der Waals surface area contributed by atoms with E-state index in [1.54, 1.807) is 27.7 Å². The quantitative estimate of drug-likeness (QED) is 0.0129. The van der Waals surface area contributed by atoms with Crippen molar-refractivity contribution in [3.8, 4) is 0 Å². The number of aliphatic carboxylic acids is 2. The van der Waals surface area contributed by atoms with Crippen molar-refractivity contribution in [2.24, 2.45) is 39.8 Å². The van der Waals surface area contributed by atoms with Crippen molar-refractivity contribution < 1.29 is 68.1 Å². The van der Waals surface area contributed by atoms with Gasteiger partial charge in [0.2, 0.25) is 53.2 Å². The van der Waals surface area contributed by atoms with Crippen LogP contribution in [0.4, 0.5) is 0 Å². The Morgan fingerprint density at radius 3 is 1.61 bits per heavy atom. The zero-order valence-electron chi connectivity index (χ0n) is 37.0. The molecule has 374 valence electrons. The highest BCUT2D eigenvalue weighted by atomic mass is 32.1. The third-order valence-electron chi connectivity index (χ3n) is 9.07. The number of nitrogens with two attached hydrogens (primary N) is 4. The van der Waals surface area contributed by atoms with Gasteiger partial charge in [0, 0.05) is 24.5 Å². The molecule has 29 heteroatoms. The van der Waals surface area contributed by atoms with Gasteiger partial charge in [0.25, 0.3) is 0 Å². The van der Waals surface area contributed by atoms with E-state index in [4.69, 9.17) is 28.0 Å². The van der Waals surface area contributed by atoms with Gasteiger partial charge >= 0.3 is 11.9 Å². The van der Waals surface area contributed by atoms with Crippen molar-refractivity contribution in [2.75, 3.05) is 31.2 Å². The molecule has 0 fully saturated rings. The highest BCUT2D eigenvalue weighted by Crippen LogP contribution is 2.10. The summed E-state index contributed by atoms with van der Waals surface area (Å²) in [5.74, 6) is -13.0. The van der Waals surface area contributed by atoms with Gasteiger partial charge in [0.1, 0.15) is 42.3 Å². The van der Waals surface area contributed by atoms with Crippen molar-refractivity contribution in [1.29, 1.82) is 0 Å². The molecule has 0 heterocycles. The van der Waals surface area contributed by atoms with Gasteiger partial charge in [0.05, 0.1) is 25.6 Å². The third kappa shape index (κ3) is 23.8. The molecule has 0 aliphatic heterocycles. The Kier molecular flexibility index (Phi) is 28.3. The van der Waals surface area contributed by atoms with E-state index < -0.39 is 152 Å². The number of nitrogens with one attached hydrogen (secondary N) is 8. The second kappa shape index (κ2) is 31.1. The number of nitrogens with zero attached hydrogens (tertiary/aromatic N) is 1. The molecule has 27 nitrogen and oxygen atoms in total. The Balaban J connectivity index is 6.19. The van der Waals surface area contributed by atoms with Gasteiger partial charge in [-0.3, -0.25) is 52.9 Å². The molecule has 9 amide bonds. The maximum Gasteiger partial charge on any atom is 0.327 e. The molecule has 19 N–H and O–H groups in total. The highest BCUT2D eigenvalue weighted by molar-refractivity contribution is 7.80. The molecular weight excluding hydrogens is 915 g/mol. The summed E-state index contributed by atoms with van der Waals surface area (Å²) in [4.78, 5) is 144. The van der Waals surface area contributed by atoms with Crippen molar-refractivity contribution in [3.63, 3.8) is 0 Å². The summed E-state index contributed by atoms with van der Waals surface area (Å²) in [6, 6.07) is -11.6. The number of rotatable bonds is 32. The van der Waals surface area contributed by atoms with Gasteiger partial charge in [-0.15, -0.1) is 0 Å². The maximum atomic E-state index is 13.6. The number of hydrogen-bond acceptors (Lipinski definition) is 16. The van der Waals surface area contributed by atoms with E-state index in [0.29, 0.717) is 0 Å². The number of aliphatic hydroxyl groups excluding tert-OH is 1. The van der Waals surface area contributed by atoms with Crippen LogP contribution in [0.25, 0.3) is 0 Å². The van der Waals surface area contributed by atoms with Crippen LogP contribution in [0.5, 0.6) is 0 Å². The Morgan fingerprint density at radius 1 is 0.606 bits per heavy atom. The summed E-state index contributed by atoms with van der Waals surface area (Å²) in [6.07, 6.45) is -2.08. The predicted molar refractivity (Wildman–Crippen MR) is 242 cm³/mol. The average molecular weight is 980 g/mol. The van der Waals surface area contributed by atoms with Crippen molar-refractivity contribution in [2.45, 2.75) is 115 Å². The smallest absolute Gasteiger partial charge is 0.327 e. The number of carboxylic acid groups (broad SMARTS) is 2. The first-order chi connectivity index (χ1) is 30.8. The number of aliphatic hydroxyl groups is 1. The second-order valence-electron chi connectivity index (χ2n) is 15.5. The van der Waals surface area contributed by atoms with Gasteiger partial charge in [-0.2, -0.15) is 25.3 Å². The lowest BCUT2D eigenvalue weighted by molar-refractivity contribution is -0.142. The number of guanidine groups is 1. The molecule has 0 saturated heterocycles. The molecule has 0 aromatic carbocycles. The van der Waals surface area contributed by atoms with E-state index in [2.05, 4.69) is 72.8 Å². The van der Waals surface area contributed by atoms with Gasteiger partial charge in [0.15, 0.2) is 5.96 Å². The summed E-state index contributed by atoms with van der Waals surface area (Å²) in [7, 11) is 0. The standard InChI is InChI=1S/C37H65N13O14S2/c1-16(2)10-21(47-35(62)28(17(3)4)50-29(56)18(38)14-65)33(60)46-22(11-25(39)52)30(57)43-12-26(53)44-19(6-5-9-42-37(40)41)31(58)48-23(13-51)34(61)45-20(7-8-27(54)55)32(59)49-24(15-66)36(63)64/h16-24,28,51,65-66H,5-15,38H2,1-4H3,(H2,39,52)(H,43,57)(H,44,53)(H,45,61)(H,46,60)(H,47,62)(H,48,58)(H,49,59)(H,50,56)(H,54,55)(H,63,64)(H4,40,41,42)/t18-,19-,20-,21-,22-,23-,24-,28-/m0/s1. The zero-order valence-corrected chi connectivity index (χ0v) is 38.8. The molecule has 8 atom stereocenters. The van der Waals surface area contributed by atoms with E-state index in [-0.39, 0.29) is 49.2 Å². The molecule has 0 bridgehead atoms. The molecule has 0 unspecified atom stereocenters. The van der Waals surface area contributed by atoms with Crippen molar-refractivity contribution in [1.82, 2.24) is 42.5 Å². The lowest BCUT2D eigenvalue weighted by atomic mass is 9.99. The fourth-order valence-electron chi connectivity index (χ4n) is 5.57. The molecule has 0 spiro atoms. The second-order valence-corrected chi connectivity index (χ2v) is 16.3. The molecule has 0 aromatic heterocycles. The molecule has 0 aliphatic rings. The van der Waals surface area contributed by atoms with Gasteiger partial charge in [-0.1, -0.05) is 27.7 Å². The normalized spacial score (nSPS) is 14.6. The van der Waals surface area contributed by atoms with E-state index in [1.165, 1.54) is 0 Å².